The van der Waals surface area contributed by atoms with Gasteiger partial charge in [-0.3, -0.25) is 9.48 Å². The van der Waals surface area contributed by atoms with Crippen molar-refractivity contribution in [2.75, 3.05) is 7.11 Å². The number of hydrogen-bond acceptors (Lipinski definition) is 5. The van der Waals surface area contributed by atoms with Crippen LogP contribution in [0.25, 0.3) is 22.5 Å². The fraction of sp³-hybridized carbons (Fsp3) is 0.208. The molecule has 0 atom stereocenters. The third kappa shape index (κ3) is 3.78. The van der Waals surface area contributed by atoms with E-state index in [-0.39, 0.29) is 18.2 Å². The number of ether oxygens (including phenoxy) is 1. The molecule has 0 saturated carbocycles. The third-order valence-corrected chi connectivity index (χ3v) is 6.49. The first kappa shape index (κ1) is 20.4. The van der Waals surface area contributed by atoms with Gasteiger partial charge in [0.2, 0.25) is 5.91 Å². The molecule has 5 rings (SSSR count). The van der Waals surface area contributed by atoms with Crippen LogP contribution in [0.5, 0.6) is 5.75 Å². The summed E-state index contributed by atoms with van der Waals surface area (Å²) in [5, 5.41) is 5.73. The summed E-state index contributed by atoms with van der Waals surface area (Å²) in [6, 6.07) is 16.3. The van der Waals surface area contributed by atoms with Gasteiger partial charge in [-0.25, -0.2) is 9.37 Å². The van der Waals surface area contributed by atoms with E-state index in [9.17, 15) is 9.18 Å². The van der Waals surface area contributed by atoms with Crippen molar-refractivity contribution < 1.29 is 13.9 Å². The van der Waals surface area contributed by atoms with Gasteiger partial charge in [0.05, 0.1) is 42.3 Å². The Labute approximate surface area is 188 Å². The quantitative estimate of drug-likeness (QED) is 0.445. The zero-order chi connectivity index (χ0) is 22.2. The summed E-state index contributed by atoms with van der Waals surface area (Å²) in [4.78, 5) is 20.6. The molecule has 0 N–H and O–H groups in total. The molecule has 8 heteroatoms. The molecule has 1 aliphatic rings. The second-order valence-electron chi connectivity index (χ2n) is 7.64. The second kappa shape index (κ2) is 8.20. The van der Waals surface area contributed by atoms with Crippen LogP contribution in [0, 0.1) is 12.7 Å². The van der Waals surface area contributed by atoms with E-state index in [0.717, 1.165) is 32.4 Å². The van der Waals surface area contributed by atoms with E-state index in [1.165, 1.54) is 13.2 Å². The molecule has 0 radical (unpaired) electrons. The van der Waals surface area contributed by atoms with E-state index in [1.54, 1.807) is 28.2 Å². The molecule has 2 aromatic heterocycles. The van der Waals surface area contributed by atoms with Crippen LogP contribution in [0.4, 0.5) is 4.39 Å². The highest BCUT2D eigenvalue weighted by atomic mass is 32.1. The maximum absolute atomic E-state index is 13.9. The van der Waals surface area contributed by atoms with Gasteiger partial charge >= 0.3 is 0 Å². The maximum atomic E-state index is 13.9. The molecule has 1 aliphatic heterocycles. The summed E-state index contributed by atoms with van der Waals surface area (Å²) < 4.78 is 20.7. The average molecular weight is 449 g/mol. The Morgan fingerprint density at radius 2 is 1.94 bits per heavy atom. The van der Waals surface area contributed by atoms with E-state index < -0.39 is 5.82 Å². The number of carbonyl (C=O) groups excluding carboxylic acids is 1. The van der Waals surface area contributed by atoms with Gasteiger partial charge in [0, 0.05) is 10.4 Å². The van der Waals surface area contributed by atoms with Crippen molar-refractivity contribution >= 4 is 17.2 Å². The number of thiazole rings is 1. The molecule has 0 saturated heterocycles. The molecule has 0 unspecified atom stereocenters. The van der Waals surface area contributed by atoms with Crippen LogP contribution in [-0.2, 0) is 24.4 Å². The van der Waals surface area contributed by atoms with E-state index >= 15 is 0 Å². The molecule has 32 heavy (non-hydrogen) atoms. The number of methoxy groups -OCH3 is 1. The highest BCUT2D eigenvalue weighted by Crippen LogP contribution is 2.31. The van der Waals surface area contributed by atoms with Crippen LogP contribution < -0.4 is 4.74 Å². The number of nitrogens with zero attached hydrogens (tertiary/aromatic N) is 4. The van der Waals surface area contributed by atoms with Crippen LogP contribution in [0.3, 0.4) is 0 Å². The van der Waals surface area contributed by atoms with Crippen LogP contribution in [0.1, 0.15) is 15.6 Å². The molecular formula is C24H21FN4O2S. The highest BCUT2D eigenvalue weighted by Gasteiger charge is 2.27. The van der Waals surface area contributed by atoms with Crippen LogP contribution >= 0.6 is 11.3 Å². The van der Waals surface area contributed by atoms with Gasteiger partial charge in [0.15, 0.2) is 11.6 Å². The number of halogens is 1. The van der Waals surface area contributed by atoms with Crippen molar-refractivity contribution in [2.45, 2.75) is 26.6 Å². The first-order valence-corrected chi connectivity index (χ1v) is 11.0. The molecular weight excluding hydrogens is 427 g/mol. The Balaban J connectivity index is 1.47. The third-order valence-electron chi connectivity index (χ3n) is 5.49. The van der Waals surface area contributed by atoms with Crippen LogP contribution in [-0.4, -0.2) is 32.7 Å². The Morgan fingerprint density at radius 3 is 2.69 bits per heavy atom. The van der Waals surface area contributed by atoms with Crippen molar-refractivity contribution in [3.05, 3.63) is 76.0 Å². The smallest absolute Gasteiger partial charge is 0.245 e. The summed E-state index contributed by atoms with van der Waals surface area (Å²) >= 11 is 1.64. The topological polar surface area (TPSA) is 60.2 Å². The molecule has 6 nitrogen and oxygen atoms in total. The molecule has 0 aliphatic carbocycles. The van der Waals surface area contributed by atoms with E-state index in [0.29, 0.717) is 18.8 Å². The van der Waals surface area contributed by atoms with Gasteiger partial charge in [-0.2, -0.15) is 5.10 Å². The molecule has 2 aromatic carbocycles. The van der Waals surface area contributed by atoms with Crippen molar-refractivity contribution in [2.24, 2.45) is 0 Å². The average Bonchev–Trinajstić information content (AvgIpc) is 3.48. The summed E-state index contributed by atoms with van der Waals surface area (Å²) in [6.45, 7) is 3.21. The minimum Gasteiger partial charge on any atom is -0.494 e. The number of amides is 1. The lowest BCUT2D eigenvalue weighted by atomic mass is 10.1. The second-order valence-corrected chi connectivity index (χ2v) is 8.93. The van der Waals surface area contributed by atoms with Gasteiger partial charge < -0.3 is 9.64 Å². The minimum absolute atomic E-state index is 0.0172. The largest absolute Gasteiger partial charge is 0.494 e. The fourth-order valence-corrected chi connectivity index (χ4v) is 4.87. The van der Waals surface area contributed by atoms with Gasteiger partial charge in [-0.15, -0.1) is 11.3 Å². The molecule has 0 fully saturated rings. The predicted octanol–water partition coefficient (Wildman–Crippen LogP) is 4.67. The van der Waals surface area contributed by atoms with Crippen LogP contribution in [0.2, 0.25) is 0 Å². The van der Waals surface area contributed by atoms with E-state index in [4.69, 9.17) is 9.84 Å². The first-order chi connectivity index (χ1) is 15.5. The Bertz CT molecular complexity index is 1280. The monoisotopic (exact) mass is 448 g/mol. The van der Waals surface area contributed by atoms with Crippen LogP contribution in [0.15, 0.2) is 54.6 Å². The summed E-state index contributed by atoms with van der Waals surface area (Å²) in [5.41, 5.74) is 4.12. The minimum atomic E-state index is -0.431. The molecule has 162 valence electrons. The van der Waals surface area contributed by atoms with E-state index in [2.05, 4.69) is 4.98 Å². The van der Waals surface area contributed by atoms with E-state index in [1.807, 2.05) is 48.2 Å². The lowest BCUT2D eigenvalue weighted by molar-refractivity contribution is -0.132. The lowest BCUT2D eigenvalue weighted by Crippen LogP contribution is -2.30. The van der Waals surface area contributed by atoms with Gasteiger partial charge in [0.25, 0.3) is 0 Å². The number of fused-ring (bicyclic) bond motifs is 1. The summed E-state index contributed by atoms with van der Waals surface area (Å²) in [6.07, 6.45) is 0. The normalized spacial score (nSPS) is 12.8. The maximum Gasteiger partial charge on any atom is 0.245 e. The number of carbonyl (C=O) groups is 1. The molecule has 3 heterocycles. The molecule has 1 amide bonds. The van der Waals surface area contributed by atoms with Crippen molar-refractivity contribution in [1.29, 1.82) is 0 Å². The Morgan fingerprint density at radius 1 is 1.12 bits per heavy atom. The number of aromatic nitrogens is 3. The molecule has 4 aromatic rings. The Hall–Kier alpha value is -3.52. The lowest BCUT2D eigenvalue weighted by Gasteiger charge is -2.16. The SMILES string of the molecule is COc1cc(-c2cc(-c3ccccc3)n(CC(=O)N3Cc4nc(C)sc4C3)n2)ccc1F. The van der Waals surface area contributed by atoms with Gasteiger partial charge in [-0.1, -0.05) is 30.3 Å². The number of aryl methyl sites for hydroxylation is 1. The van der Waals surface area contributed by atoms with Crippen molar-refractivity contribution in [3.63, 3.8) is 0 Å². The number of benzene rings is 2. The predicted molar refractivity (Wildman–Crippen MR) is 121 cm³/mol. The summed E-state index contributed by atoms with van der Waals surface area (Å²) in [7, 11) is 1.43. The molecule has 0 bridgehead atoms. The standard InChI is InChI=1S/C24H21FN4O2S/c1-15-26-20-12-28(13-23(20)32-15)24(30)14-29-21(16-6-4-3-5-7-16)11-19(27-29)17-8-9-18(25)22(10-17)31-2/h3-11H,12-14H2,1-2H3. The Kier molecular flexibility index (Phi) is 5.22. The molecule has 0 spiro atoms. The van der Waals surface area contributed by atoms with Crippen molar-refractivity contribution in [3.8, 4) is 28.3 Å². The highest BCUT2D eigenvalue weighted by molar-refractivity contribution is 7.11. The van der Waals surface area contributed by atoms with Gasteiger partial charge in [-0.05, 0) is 36.8 Å². The zero-order valence-electron chi connectivity index (χ0n) is 17.7. The summed E-state index contributed by atoms with van der Waals surface area (Å²) in [5.74, 6) is -0.295. The number of rotatable bonds is 5. The fourth-order valence-electron chi connectivity index (χ4n) is 3.91. The number of hydrogen-bond donors (Lipinski definition) is 0. The first-order valence-electron chi connectivity index (χ1n) is 10.2. The van der Waals surface area contributed by atoms with Gasteiger partial charge in [0.1, 0.15) is 6.54 Å². The zero-order valence-corrected chi connectivity index (χ0v) is 18.5. The van der Waals surface area contributed by atoms with Crippen molar-refractivity contribution in [1.82, 2.24) is 19.7 Å².